The number of aryl methyl sites for hydroxylation is 2. The van der Waals surface area contributed by atoms with Crippen LogP contribution in [-0.2, 0) is 24.2 Å². The summed E-state index contributed by atoms with van der Waals surface area (Å²) < 4.78 is 2.05. The largest absolute Gasteiger partial charge is 0.352 e. The van der Waals surface area contributed by atoms with Crippen LogP contribution in [0.4, 0.5) is 5.82 Å². The van der Waals surface area contributed by atoms with Gasteiger partial charge in [0.2, 0.25) is 0 Å². The quantitative estimate of drug-likeness (QED) is 0.795. The van der Waals surface area contributed by atoms with Gasteiger partial charge in [0.15, 0.2) is 11.6 Å². The summed E-state index contributed by atoms with van der Waals surface area (Å²) >= 11 is 0. The monoisotopic (exact) mass is 355 g/mol. The van der Waals surface area contributed by atoms with Crippen molar-refractivity contribution in [1.82, 2.24) is 19.5 Å². The van der Waals surface area contributed by atoms with Crippen molar-refractivity contribution >= 4 is 11.6 Å². The fourth-order valence-corrected chi connectivity index (χ4v) is 3.59. The molecule has 0 saturated carbocycles. The first-order chi connectivity index (χ1) is 12.3. The molecule has 140 valence electrons. The number of ketones is 1. The summed E-state index contributed by atoms with van der Waals surface area (Å²) in [4.78, 5) is 28.3. The summed E-state index contributed by atoms with van der Waals surface area (Å²) in [5.41, 5.74) is 3.24. The number of imidazole rings is 1. The predicted molar refractivity (Wildman–Crippen MR) is 103 cm³/mol. The Morgan fingerprint density at radius 2 is 2.04 bits per heavy atom. The number of hydrogen-bond acceptors (Lipinski definition) is 5. The molecule has 0 spiro atoms. The van der Waals surface area contributed by atoms with Gasteiger partial charge >= 0.3 is 0 Å². The van der Waals surface area contributed by atoms with E-state index in [1.807, 2.05) is 29.0 Å². The molecule has 0 atom stereocenters. The number of carbonyl (C=O) groups is 1. The molecule has 26 heavy (non-hydrogen) atoms. The van der Waals surface area contributed by atoms with E-state index < -0.39 is 0 Å². The van der Waals surface area contributed by atoms with E-state index in [9.17, 15) is 4.79 Å². The number of fused-ring (bicyclic) bond motifs is 1. The van der Waals surface area contributed by atoms with Crippen LogP contribution in [-0.4, -0.2) is 38.9 Å². The van der Waals surface area contributed by atoms with Crippen molar-refractivity contribution < 1.29 is 4.79 Å². The highest BCUT2D eigenvalue weighted by molar-refractivity contribution is 5.84. The van der Waals surface area contributed by atoms with Gasteiger partial charge in [-0.3, -0.25) is 4.79 Å². The summed E-state index contributed by atoms with van der Waals surface area (Å²) in [7, 11) is 1.96. The van der Waals surface area contributed by atoms with Crippen molar-refractivity contribution in [3.8, 4) is 11.5 Å². The molecule has 0 aromatic carbocycles. The average Bonchev–Trinajstić information content (AvgIpc) is 3.20. The first-order valence-corrected chi connectivity index (χ1v) is 9.41. The average molecular weight is 355 g/mol. The van der Waals surface area contributed by atoms with Crippen LogP contribution in [0, 0.1) is 5.41 Å². The maximum Gasteiger partial charge on any atom is 0.180 e. The second-order valence-electron chi connectivity index (χ2n) is 8.35. The number of anilines is 1. The van der Waals surface area contributed by atoms with E-state index in [1.54, 1.807) is 0 Å². The number of rotatable bonds is 6. The van der Waals surface area contributed by atoms with E-state index >= 15 is 0 Å². The Morgan fingerprint density at radius 3 is 2.73 bits per heavy atom. The number of Topliss-reactive ketones (excluding diaryl/α,β-unsaturated/α-hetero) is 1. The smallest absolute Gasteiger partial charge is 0.180 e. The van der Waals surface area contributed by atoms with Gasteiger partial charge in [0.1, 0.15) is 11.5 Å². The van der Waals surface area contributed by atoms with E-state index in [4.69, 9.17) is 9.97 Å². The molecule has 0 radical (unpaired) electrons. The van der Waals surface area contributed by atoms with Gasteiger partial charge in [0, 0.05) is 31.3 Å². The first kappa shape index (κ1) is 18.5. The van der Waals surface area contributed by atoms with E-state index in [0.29, 0.717) is 18.8 Å². The highest BCUT2D eigenvalue weighted by Crippen LogP contribution is 2.31. The van der Waals surface area contributed by atoms with Crippen LogP contribution in [0.25, 0.3) is 11.5 Å². The minimum Gasteiger partial charge on any atom is -0.352 e. The van der Waals surface area contributed by atoms with Gasteiger partial charge in [-0.05, 0) is 31.6 Å². The van der Waals surface area contributed by atoms with E-state index in [-0.39, 0.29) is 11.2 Å². The maximum absolute atomic E-state index is 12.5. The Kier molecular flexibility index (Phi) is 5.12. The second kappa shape index (κ2) is 7.17. The molecule has 0 bridgehead atoms. The Bertz CT molecular complexity index is 803. The van der Waals surface area contributed by atoms with Crippen molar-refractivity contribution in [2.45, 2.75) is 59.9 Å². The van der Waals surface area contributed by atoms with Crippen molar-refractivity contribution in [2.24, 2.45) is 5.41 Å². The highest BCUT2D eigenvalue weighted by Gasteiger charge is 2.25. The molecule has 0 saturated heterocycles. The molecule has 1 aliphatic carbocycles. The lowest BCUT2D eigenvalue weighted by Gasteiger charge is -2.23. The lowest BCUT2D eigenvalue weighted by atomic mass is 9.90. The van der Waals surface area contributed by atoms with Crippen LogP contribution in [0.15, 0.2) is 12.5 Å². The van der Waals surface area contributed by atoms with Crippen LogP contribution in [0.5, 0.6) is 0 Å². The predicted octanol–water partition coefficient (Wildman–Crippen LogP) is 3.29. The molecular weight excluding hydrogens is 326 g/mol. The van der Waals surface area contributed by atoms with Gasteiger partial charge in [0.25, 0.3) is 0 Å². The zero-order chi connectivity index (χ0) is 18.9. The van der Waals surface area contributed by atoms with Crippen molar-refractivity contribution in [3.05, 3.63) is 23.8 Å². The third kappa shape index (κ3) is 3.94. The van der Waals surface area contributed by atoms with E-state index in [1.165, 1.54) is 5.56 Å². The normalized spacial score (nSPS) is 13.7. The van der Waals surface area contributed by atoms with Crippen molar-refractivity contribution in [2.75, 3.05) is 18.5 Å². The summed E-state index contributed by atoms with van der Waals surface area (Å²) in [5.74, 6) is 1.84. The molecule has 0 fully saturated rings. The topological polar surface area (TPSA) is 63.9 Å². The molecule has 2 heterocycles. The maximum atomic E-state index is 12.5. The van der Waals surface area contributed by atoms with Gasteiger partial charge < -0.3 is 9.47 Å². The summed E-state index contributed by atoms with van der Waals surface area (Å²) in [6.45, 7) is 9.57. The molecule has 0 N–H and O–H groups in total. The first-order valence-electron chi connectivity index (χ1n) is 9.41. The minimum absolute atomic E-state index is 0.00429. The fraction of sp³-hybridized carbons (Fsp3) is 0.600. The number of nitrogens with zero attached hydrogens (tertiary/aromatic N) is 5. The van der Waals surface area contributed by atoms with Gasteiger partial charge in [0.05, 0.1) is 19.1 Å². The molecule has 2 aromatic heterocycles. The molecule has 0 amide bonds. The molecule has 6 heteroatoms. The lowest BCUT2D eigenvalue weighted by molar-refractivity contribution is -0.119. The fourth-order valence-electron chi connectivity index (χ4n) is 3.59. The molecule has 3 rings (SSSR count). The Morgan fingerprint density at radius 1 is 1.27 bits per heavy atom. The minimum atomic E-state index is 0.00429. The SMILES string of the molecule is CCn1cncc1-c1nc2c(c(N(C)CC(=O)CC(C)(C)C)n1)CCC2. The van der Waals surface area contributed by atoms with Gasteiger partial charge in [-0.1, -0.05) is 20.8 Å². The molecule has 0 unspecified atom stereocenters. The third-order valence-electron chi connectivity index (χ3n) is 4.70. The van der Waals surface area contributed by atoms with Crippen LogP contribution in [0.3, 0.4) is 0 Å². The molecule has 6 nitrogen and oxygen atoms in total. The number of likely N-dealkylation sites (N-methyl/N-ethyl adjacent to an activating group) is 1. The van der Waals surface area contributed by atoms with Gasteiger partial charge in [-0.15, -0.1) is 0 Å². The highest BCUT2D eigenvalue weighted by atomic mass is 16.1. The van der Waals surface area contributed by atoms with Crippen LogP contribution in [0.1, 0.15) is 51.8 Å². The molecule has 2 aromatic rings. The molecular formula is C20H29N5O. The van der Waals surface area contributed by atoms with E-state index in [0.717, 1.165) is 43.0 Å². The Hall–Kier alpha value is -2.24. The molecule has 1 aliphatic rings. The lowest BCUT2D eigenvalue weighted by Crippen LogP contribution is -2.30. The van der Waals surface area contributed by atoms with Crippen LogP contribution >= 0.6 is 0 Å². The zero-order valence-electron chi connectivity index (χ0n) is 16.5. The van der Waals surface area contributed by atoms with Gasteiger partial charge in [-0.25, -0.2) is 15.0 Å². The summed E-state index contributed by atoms with van der Waals surface area (Å²) in [6.07, 6.45) is 7.24. The van der Waals surface area contributed by atoms with Crippen molar-refractivity contribution in [1.29, 1.82) is 0 Å². The Labute approximate surface area is 155 Å². The van der Waals surface area contributed by atoms with Crippen LogP contribution < -0.4 is 4.90 Å². The summed E-state index contributed by atoms with van der Waals surface area (Å²) in [5, 5.41) is 0. The Balaban J connectivity index is 1.92. The number of hydrogen-bond donors (Lipinski definition) is 0. The third-order valence-corrected chi connectivity index (χ3v) is 4.70. The van der Waals surface area contributed by atoms with E-state index in [2.05, 4.69) is 32.7 Å². The standard InChI is InChI=1S/C20H29N5O/c1-6-25-13-21-11-17(25)18-22-16-9-7-8-15(16)19(23-18)24(5)12-14(26)10-20(2,3)4/h11,13H,6-10,12H2,1-5H3. The number of aromatic nitrogens is 4. The van der Waals surface area contributed by atoms with Gasteiger partial charge in [-0.2, -0.15) is 0 Å². The molecule has 0 aliphatic heterocycles. The zero-order valence-corrected chi connectivity index (χ0v) is 16.5. The van der Waals surface area contributed by atoms with Crippen molar-refractivity contribution in [3.63, 3.8) is 0 Å². The second-order valence-corrected chi connectivity index (χ2v) is 8.35. The van der Waals surface area contributed by atoms with Crippen LogP contribution in [0.2, 0.25) is 0 Å². The number of carbonyl (C=O) groups excluding carboxylic acids is 1. The summed E-state index contributed by atoms with van der Waals surface area (Å²) in [6, 6.07) is 0.